The second-order valence-corrected chi connectivity index (χ2v) is 6.66. The zero-order valence-electron chi connectivity index (χ0n) is 15.8. The highest BCUT2D eigenvalue weighted by Crippen LogP contribution is 2.23. The molecule has 0 saturated carbocycles. The molecule has 1 amide bonds. The molecule has 0 spiro atoms. The van der Waals surface area contributed by atoms with Crippen LogP contribution in [0.4, 0.5) is 11.5 Å². The van der Waals surface area contributed by atoms with Crippen LogP contribution in [0.15, 0.2) is 30.6 Å². The topological polar surface area (TPSA) is 61.4 Å². The first-order chi connectivity index (χ1) is 12.6. The second kappa shape index (κ2) is 8.27. The average molecular weight is 353 g/mol. The van der Waals surface area contributed by atoms with Gasteiger partial charge in [0.2, 0.25) is 0 Å². The van der Waals surface area contributed by atoms with Crippen molar-refractivity contribution < 1.29 is 4.79 Å². The highest BCUT2D eigenvalue weighted by atomic mass is 16.1. The van der Waals surface area contributed by atoms with E-state index in [1.807, 2.05) is 6.07 Å². The van der Waals surface area contributed by atoms with Crippen LogP contribution in [0.1, 0.15) is 35.5 Å². The lowest BCUT2D eigenvalue weighted by atomic mass is 10.0. The number of aryl methyl sites for hydroxylation is 2. The molecular formula is C20H27N5O. The van der Waals surface area contributed by atoms with Crippen LogP contribution in [0.2, 0.25) is 0 Å². The van der Waals surface area contributed by atoms with Crippen LogP contribution in [0.25, 0.3) is 0 Å². The third-order valence-corrected chi connectivity index (χ3v) is 4.94. The van der Waals surface area contributed by atoms with Gasteiger partial charge in [-0.05, 0) is 31.0 Å². The summed E-state index contributed by atoms with van der Waals surface area (Å²) in [7, 11) is 2.12. The van der Waals surface area contributed by atoms with Crippen molar-refractivity contribution in [3.05, 3.63) is 47.4 Å². The zero-order chi connectivity index (χ0) is 18.5. The van der Waals surface area contributed by atoms with Crippen molar-refractivity contribution >= 4 is 17.4 Å². The molecule has 1 aromatic heterocycles. The van der Waals surface area contributed by atoms with E-state index in [0.29, 0.717) is 5.69 Å². The summed E-state index contributed by atoms with van der Waals surface area (Å²) in [5.74, 6) is 0.621. The molecule has 1 aliphatic rings. The third kappa shape index (κ3) is 4.02. The molecular weight excluding hydrogens is 326 g/mol. The Bertz CT molecular complexity index is 729. The number of amides is 1. The number of piperazine rings is 1. The van der Waals surface area contributed by atoms with Crippen LogP contribution in [-0.4, -0.2) is 54.0 Å². The van der Waals surface area contributed by atoms with Crippen molar-refractivity contribution in [2.24, 2.45) is 0 Å². The summed E-state index contributed by atoms with van der Waals surface area (Å²) in [6.45, 7) is 8.07. The van der Waals surface area contributed by atoms with Gasteiger partial charge in [-0.15, -0.1) is 0 Å². The van der Waals surface area contributed by atoms with E-state index in [1.54, 1.807) is 12.4 Å². The Morgan fingerprint density at radius 2 is 1.69 bits per heavy atom. The lowest BCUT2D eigenvalue weighted by Gasteiger charge is -2.32. The summed E-state index contributed by atoms with van der Waals surface area (Å²) >= 11 is 0. The predicted molar refractivity (Wildman–Crippen MR) is 105 cm³/mol. The van der Waals surface area contributed by atoms with Crippen LogP contribution in [0.3, 0.4) is 0 Å². The number of aromatic nitrogens is 2. The Morgan fingerprint density at radius 3 is 2.23 bits per heavy atom. The van der Waals surface area contributed by atoms with E-state index in [1.165, 1.54) is 0 Å². The maximum Gasteiger partial charge on any atom is 0.275 e. The molecule has 1 saturated heterocycles. The Balaban J connectivity index is 1.73. The number of carbonyl (C=O) groups excluding carboxylic acids is 1. The largest absolute Gasteiger partial charge is 0.353 e. The fraction of sp³-hybridized carbons (Fsp3) is 0.450. The van der Waals surface area contributed by atoms with Gasteiger partial charge < -0.3 is 15.1 Å². The van der Waals surface area contributed by atoms with Crippen molar-refractivity contribution in [2.75, 3.05) is 43.4 Å². The van der Waals surface area contributed by atoms with E-state index in [4.69, 9.17) is 0 Å². The summed E-state index contributed by atoms with van der Waals surface area (Å²) < 4.78 is 0. The SMILES string of the molecule is CCc1cccc(CC)c1NC(=O)c1cnc(N2CCN(C)CC2)cn1. The molecule has 3 rings (SSSR count). The van der Waals surface area contributed by atoms with Gasteiger partial charge in [-0.1, -0.05) is 32.0 Å². The number of para-hydroxylation sites is 1. The molecule has 1 fully saturated rings. The predicted octanol–water partition coefficient (Wildman–Crippen LogP) is 2.61. The fourth-order valence-electron chi connectivity index (χ4n) is 3.22. The minimum absolute atomic E-state index is 0.210. The number of carbonyl (C=O) groups is 1. The van der Waals surface area contributed by atoms with E-state index < -0.39 is 0 Å². The first-order valence-electron chi connectivity index (χ1n) is 9.30. The van der Waals surface area contributed by atoms with E-state index in [2.05, 4.69) is 58.1 Å². The maximum atomic E-state index is 12.6. The molecule has 1 aromatic carbocycles. The van der Waals surface area contributed by atoms with E-state index in [-0.39, 0.29) is 5.91 Å². The molecule has 1 aliphatic heterocycles. The summed E-state index contributed by atoms with van der Waals surface area (Å²) in [6.07, 6.45) is 5.02. The Kier molecular flexibility index (Phi) is 5.83. The van der Waals surface area contributed by atoms with Crippen molar-refractivity contribution in [1.29, 1.82) is 0 Å². The standard InChI is InChI=1S/C20H27N5O/c1-4-15-7-6-8-16(5-2)19(15)23-20(26)17-13-22-18(14-21-17)25-11-9-24(3)10-12-25/h6-8,13-14H,4-5,9-12H2,1-3H3,(H,23,26). The number of nitrogens with zero attached hydrogens (tertiary/aromatic N) is 4. The zero-order valence-corrected chi connectivity index (χ0v) is 15.8. The molecule has 0 radical (unpaired) electrons. The van der Waals surface area contributed by atoms with Crippen molar-refractivity contribution in [3.63, 3.8) is 0 Å². The van der Waals surface area contributed by atoms with Gasteiger partial charge in [0.05, 0.1) is 12.4 Å². The minimum Gasteiger partial charge on any atom is -0.353 e. The molecule has 0 unspecified atom stereocenters. The smallest absolute Gasteiger partial charge is 0.275 e. The molecule has 0 aliphatic carbocycles. The van der Waals surface area contributed by atoms with Crippen molar-refractivity contribution in [3.8, 4) is 0 Å². The molecule has 0 atom stereocenters. The lowest BCUT2D eigenvalue weighted by Crippen LogP contribution is -2.44. The van der Waals surface area contributed by atoms with Gasteiger partial charge in [0.15, 0.2) is 0 Å². The van der Waals surface area contributed by atoms with Crippen LogP contribution in [0.5, 0.6) is 0 Å². The van der Waals surface area contributed by atoms with Crippen molar-refractivity contribution in [1.82, 2.24) is 14.9 Å². The first kappa shape index (κ1) is 18.3. The molecule has 2 aromatic rings. The molecule has 0 bridgehead atoms. The molecule has 138 valence electrons. The summed E-state index contributed by atoms with van der Waals surface area (Å²) in [5.41, 5.74) is 3.53. The van der Waals surface area contributed by atoms with Crippen LogP contribution >= 0.6 is 0 Å². The summed E-state index contributed by atoms with van der Waals surface area (Å²) in [4.78, 5) is 26.0. The highest BCUT2D eigenvalue weighted by Gasteiger charge is 2.17. The maximum absolute atomic E-state index is 12.6. The van der Waals surface area contributed by atoms with Gasteiger partial charge in [0, 0.05) is 31.9 Å². The van der Waals surface area contributed by atoms with Crippen LogP contribution in [0, 0.1) is 0 Å². The highest BCUT2D eigenvalue weighted by molar-refractivity contribution is 6.03. The number of hydrogen-bond donors (Lipinski definition) is 1. The minimum atomic E-state index is -0.210. The van der Waals surface area contributed by atoms with Gasteiger partial charge in [-0.3, -0.25) is 4.79 Å². The number of hydrogen-bond acceptors (Lipinski definition) is 5. The molecule has 6 nitrogen and oxygen atoms in total. The Labute approximate surface area is 155 Å². The van der Waals surface area contributed by atoms with E-state index in [0.717, 1.165) is 61.7 Å². The van der Waals surface area contributed by atoms with Gasteiger partial charge in [-0.25, -0.2) is 9.97 Å². The number of likely N-dealkylation sites (N-methyl/N-ethyl adjacent to an activating group) is 1. The quantitative estimate of drug-likeness (QED) is 0.895. The fourth-order valence-corrected chi connectivity index (χ4v) is 3.22. The molecule has 2 heterocycles. The van der Waals surface area contributed by atoms with Gasteiger partial charge in [0.1, 0.15) is 11.5 Å². The average Bonchev–Trinajstić information content (AvgIpc) is 2.68. The Morgan fingerprint density at radius 1 is 1.04 bits per heavy atom. The normalized spacial score (nSPS) is 15.1. The summed E-state index contributed by atoms with van der Waals surface area (Å²) in [6, 6.07) is 6.14. The number of benzene rings is 1. The van der Waals surface area contributed by atoms with Crippen molar-refractivity contribution in [2.45, 2.75) is 26.7 Å². The monoisotopic (exact) mass is 353 g/mol. The molecule has 1 N–H and O–H groups in total. The van der Waals surface area contributed by atoms with Gasteiger partial charge >= 0.3 is 0 Å². The number of rotatable bonds is 5. The first-order valence-corrected chi connectivity index (χ1v) is 9.30. The number of anilines is 2. The number of nitrogens with one attached hydrogen (secondary N) is 1. The third-order valence-electron chi connectivity index (χ3n) is 4.94. The molecule has 26 heavy (non-hydrogen) atoms. The molecule has 6 heteroatoms. The van der Waals surface area contributed by atoms with E-state index >= 15 is 0 Å². The van der Waals surface area contributed by atoms with Gasteiger partial charge in [0.25, 0.3) is 5.91 Å². The van der Waals surface area contributed by atoms with Crippen LogP contribution < -0.4 is 10.2 Å². The lowest BCUT2D eigenvalue weighted by molar-refractivity contribution is 0.102. The Hall–Kier alpha value is -2.47. The second-order valence-electron chi connectivity index (χ2n) is 6.66. The van der Waals surface area contributed by atoms with E-state index in [9.17, 15) is 4.79 Å². The van der Waals surface area contributed by atoms with Gasteiger partial charge in [-0.2, -0.15) is 0 Å². The van der Waals surface area contributed by atoms with Crippen LogP contribution in [-0.2, 0) is 12.8 Å². The summed E-state index contributed by atoms with van der Waals surface area (Å²) in [5, 5.41) is 3.04.